The summed E-state index contributed by atoms with van der Waals surface area (Å²) in [7, 11) is 0. The first-order chi connectivity index (χ1) is 13.6. The van der Waals surface area contributed by atoms with Gasteiger partial charge in [-0.2, -0.15) is 5.26 Å². The molecule has 1 N–H and O–H groups in total. The molecule has 0 amide bonds. The summed E-state index contributed by atoms with van der Waals surface area (Å²) in [6, 6.07) is 18.9. The van der Waals surface area contributed by atoms with E-state index in [0.29, 0.717) is 22.8 Å². The molecule has 0 aliphatic carbocycles. The molecule has 4 nitrogen and oxygen atoms in total. The fraction of sp³-hybridized carbons (Fsp3) is 0.217. The molecular formula is C23H21ClN2O2. The molecule has 3 rings (SSSR count). The SMILES string of the molecule is C[C@H](Oc1ccc(-c2ccc(C#N)c(Cl)c2)cc1)C(O)CCc1cccnc1. The van der Waals surface area contributed by atoms with E-state index in [-0.39, 0.29) is 6.10 Å². The standard InChI is InChI=1S/C23H21ClN2O2/c1-16(23(27)11-4-17-3-2-12-26-15-17)28-21-9-7-18(8-10-21)19-5-6-20(14-25)22(24)13-19/h2-3,5-10,12-13,15-16,23,27H,4,11H2,1H3/t16-,23?/m0/s1. The van der Waals surface area contributed by atoms with Crippen LogP contribution in [-0.4, -0.2) is 22.3 Å². The quantitative estimate of drug-likeness (QED) is 0.612. The highest BCUT2D eigenvalue weighted by atomic mass is 35.5. The van der Waals surface area contributed by atoms with Crippen molar-refractivity contribution in [2.45, 2.75) is 32.0 Å². The first-order valence-electron chi connectivity index (χ1n) is 9.10. The van der Waals surface area contributed by atoms with Crippen molar-refractivity contribution in [2.75, 3.05) is 0 Å². The number of aryl methyl sites for hydroxylation is 1. The molecule has 0 bridgehead atoms. The van der Waals surface area contributed by atoms with Crippen LogP contribution in [0.1, 0.15) is 24.5 Å². The third-order valence-electron chi connectivity index (χ3n) is 4.59. The van der Waals surface area contributed by atoms with E-state index in [1.165, 1.54) is 0 Å². The zero-order valence-electron chi connectivity index (χ0n) is 15.5. The predicted octanol–water partition coefficient (Wildman–Crippen LogP) is 5.03. The maximum Gasteiger partial charge on any atom is 0.122 e. The van der Waals surface area contributed by atoms with Gasteiger partial charge in [-0.15, -0.1) is 0 Å². The first kappa shape index (κ1) is 19.9. The summed E-state index contributed by atoms with van der Waals surface area (Å²) in [6.45, 7) is 1.86. The molecule has 0 radical (unpaired) electrons. The molecule has 5 heteroatoms. The Morgan fingerprint density at radius 1 is 1.14 bits per heavy atom. The van der Waals surface area contributed by atoms with Gasteiger partial charge in [0.2, 0.25) is 0 Å². The molecule has 1 heterocycles. The summed E-state index contributed by atoms with van der Waals surface area (Å²) in [5.41, 5.74) is 3.46. The Bertz CT molecular complexity index is 953. The fourth-order valence-electron chi connectivity index (χ4n) is 2.90. The molecular weight excluding hydrogens is 372 g/mol. The monoisotopic (exact) mass is 392 g/mol. The Labute approximate surface area is 170 Å². The van der Waals surface area contributed by atoms with Crippen LogP contribution < -0.4 is 4.74 Å². The van der Waals surface area contributed by atoms with Crippen molar-refractivity contribution in [1.82, 2.24) is 4.98 Å². The molecule has 0 saturated carbocycles. The summed E-state index contributed by atoms with van der Waals surface area (Å²) >= 11 is 6.11. The molecule has 0 aliphatic heterocycles. The number of aliphatic hydroxyl groups excluding tert-OH is 1. The van der Waals surface area contributed by atoms with Crippen LogP contribution >= 0.6 is 11.6 Å². The Kier molecular flexibility index (Phi) is 6.65. The molecule has 0 fully saturated rings. The summed E-state index contributed by atoms with van der Waals surface area (Å²) in [5, 5.41) is 19.8. The maximum atomic E-state index is 10.4. The first-order valence-corrected chi connectivity index (χ1v) is 9.48. The van der Waals surface area contributed by atoms with Gasteiger partial charge in [-0.25, -0.2) is 0 Å². The van der Waals surface area contributed by atoms with Gasteiger partial charge in [0, 0.05) is 12.4 Å². The second-order valence-electron chi connectivity index (χ2n) is 6.62. The van der Waals surface area contributed by atoms with E-state index in [2.05, 4.69) is 11.1 Å². The van der Waals surface area contributed by atoms with E-state index in [0.717, 1.165) is 23.1 Å². The Morgan fingerprint density at radius 3 is 2.54 bits per heavy atom. The number of nitriles is 1. The number of aliphatic hydroxyl groups is 1. The van der Waals surface area contributed by atoms with Gasteiger partial charge in [0.1, 0.15) is 17.9 Å². The van der Waals surface area contributed by atoms with Crippen LogP contribution in [0.2, 0.25) is 5.02 Å². The smallest absolute Gasteiger partial charge is 0.122 e. The van der Waals surface area contributed by atoms with Crippen molar-refractivity contribution >= 4 is 11.6 Å². The van der Waals surface area contributed by atoms with E-state index in [1.54, 1.807) is 18.3 Å². The van der Waals surface area contributed by atoms with Crippen molar-refractivity contribution in [1.29, 1.82) is 5.26 Å². The summed E-state index contributed by atoms with van der Waals surface area (Å²) in [5.74, 6) is 0.691. The van der Waals surface area contributed by atoms with Gasteiger partial charge < -0.3 is 9.84 Å². The van der Waals surface area contributed by atoms with Crippen LogP contribution in [0.15, 0.2) is 67.0 Å². The van der Waals surface area contributed by atoms with Crippen molar-refractivity contribution in [3.05, 3.63) is 83.1 Å². The molecule has 1 unspecified atom stereocenters. The van der Waals surface area contributed by atoms with Gasteiger partial charge in [0.15, 0.2) is 0 Å². The predicted molar refractivity (Wildman–Crippen MR) is 110 cm³/mol. The highest BCUT2D eigenvalue weighted by Crippen LogP contribution is 2.27. The van der Waals surface area contributed by atoms with Crippen molar-refractivity contribution in [2.24, 2.45) is 0 Å². The molecule has 1 aromatic heterocycles. The second-order valence-corrected chi connectivity index (χ2v) is 7.03. The van der Waals surface area contributed by atoms with Gasteiger partial charge in [-0.05, 0) is 66.8 Å². The van der Waals surface area contributed by atoms with Crippen LogP contribution in [0.5, 0.6) is 5.75 Å². The lowest BCUT2D eigenvalue weighted by molar-refractivity contribution is 0.0420. The molecule has 3 aromatic rings. The minimum Gasteiger partial charge on any atom is -0.488 e. The topological polar surface area (TPSA) is 66.1 Å². The van der Waals surface area contributed by atoms with E-state index < -0.39 is 6.10 Å². The molecule has 2 aromatic carbocycles. The van der Waals surface area contributed by atoms with Crippen LogP contribution in [-0.2, 0) is 6.42 Å². The number of benzene rings is 2. The zero-order valence-corrected chi connectivity index (χ0v) is 16.3. The molecule has 0 aliphatic rings. The number of hydrogen-bond donors (Lipinski definition) is 1. The second kappa shape index (κ2) is 9.36. The Balaban J connectivity index is 1.59. The normalized spacial score (nSPS) is 12.8. The van der Waals surface area contributed by atoms with Crippen LogP contribution in [0, 0.1) is 11.3 Å². The number of aromatic nitrogens is 1. The molecule has 0 saturated heterocycles. The highest BCUT2D eigenvalue weighted by Gasteiger charge is 2.16. The number of pyridine rings is 1. The van der Waals surface area contributed by atoms with Crippen molar-refractivity contribution in [3.8, 4) is 22.9 Å². The fourth-order valence-corrected chi connectivity index (χ4v) is 3.12. The number of nitrogens with zero attached hydrogens (tertiary/aromatic N) is 2. The maximum absolute atomic E-state index is 10.4. The summed E-state index contributed by atoms with van der Waals surface area (Å²) < 4.78 is 5.88. The highest BCUT2D eigenvalue weighted by molar-refractivity contribution is 6.32. The average Bonchev–Trinajstić information content (AvgIpc) is 2.73. The molecule has 0 spiro atoms. The number of halogens is 1. The minimum atomic E-state index is -0.572. The van der Waals surface area contributed by atoms with Gasteiger partial charge in [0.05, 0.1) is 16.7 Å². The zero-order chi connectivity index (χ0) is 19.9. The van der Waals surface area contributed by atoms with Crippen LogP contribution in [0.4, 0.5) is 0 Å². The average molecular weight is 393 g/mol. The van der Waals surface area contributed by atoms with Crippen LogP contribution in [0.3, 0.4) is 0 Å². The van der Waals surface area contributed by atoms with Crippen molar-refractivity contribution in [3.63, 3.8) is 0 Å². The molecule has 28 heavy (non-hydrogen) atoms. The molecule has 142 valence electrons. The molecule has 2 atom stereocenters. The largest absolute Gasteiger partial charge is 0.488 e. The lowest BCUT2D eigenvalue weighted by atomic mass is 10.0. The van der Waals surface area contributed by atoms with E-state index in [1.807, 2.05) is 55.6 Å². The van der Waals surface area contributed by atoms with E-state index in [9.17, 15) is 5.11 Å². The third-order valence-corrected chi connectivity index (χ3v) is 4.91. The van der Waals surface area contributed by atoms with E-state index in [4.69, 9.17) is 21.6 Å². The lowest BCUT2D eigenvalue weighted by Gasteiger charge is -2.20. The number of ether oxygens (including phenoxy) is 1. The number of hydrogen-bond acceptors (Lipinski definition) is 4. The van der Waals surface area contributed by atoms with Crippen molar-refractivity contribution < 1.29 is 9.84 Å². The van der Waals surface area contributed by atoms with Gasteiger partial charge in [-0.1, -0.05) is 35.9 Å². The van der Waals surface area contributed by atoms with Gasteiger partial charge in [0.25, 0.3) is 0 Å². The summed E-state index contributed by atoms with van der Waals surface area (Å²) in [6.07, 6.45) is 4.01. The van der Waals surface area contributed by atoms with Crippen LogP contribution in [0.25, 0.3) is 11.1 Å². The Morgan fingerprint density at radius 2 is 1.89 bits per heavy atom. The Hall–Kier alpha value is -2.87. The minimum absolute atomic E-state index is 0.327. The van der Waals surface area contributed by atoms with E-state index >= 15 is 0 Å². The number of rotatable bonds is 7. The van der Waals surface area contributed by atoms with Gasteiger partial charge in [-0.3, -0.25) is 4.98 Å². The summed E-state index contributed by atoms with van der Waals surface area (Å²) in [4.78, 5) is 4.09. The van der Waals surface area contributed by atoms with Gasteiger partial charge >= 0.3 is 0 Å². The lowest BCUT2D eigenvalue weighted by Crippen LogP contribution is -2.29. The third kappa shape index (κ3) is 5.10.